The summed E-state index contributed by atoms with van der Waals surface area (Å²) < 4.78 is 1.60. The molecule has 0 aromatic carbocycles. The summed E-state index contributed by atoms with van der Waals surface area (Å²) in [6.45, 7) is 5.40. The SMILES string of the molecule is CCc1nn(C)cc1NC(=O)N[C@@H](C(=O)O)C(C)C. The average Bonchev–Trinajstić information content (AvgIpc) is 2.65. The second kappa shape index (κ2) is 6.21. The highest BCUT2D eigenvalue weighted by atomic mass is 16.4. The lowest BCUT2D eigenvalue weighted by Gasteiger charge is -2.18. The van der Waals surface area contributed by atoms with Gasteiger partial charge in [0.1, 0.15) is 6.04 Å². The van der Waals surface area contributed by atoms with Gasteiger partial charge in [0.25, 0.3) is 0 Å². The lowest BCUT2D eigenvalue weighted by atomic mass is 10.1. The van der Waals surface area contributed by atoms with Crippen LogP contribution in [0.3, 0.4) is 0 Å². The van der Waals surface area contributed by atoms with Crippen LogP contribution in [0.1, 0.15) is 26.5 Å². The molecule has 1 aromatic heterocycles. The molecule has 1 heterocycles. The molecular weight excluding hydrogens is 248 g/mol. The Morgan fingerprint density at radius 2 is 2.11 bits per heavy atom. The monoisotopic (exact) mass is 268 g/mol. The van der Waals surface area contributed by atoms with Crippen molar-refractivity contribution < 1.29 is 14.7 Å². The number of carboxylic acids is 1. The van der Waals surface area contributed by atoms with E-state index in [4.69, 9.17) is 5.11 Å². The van der Waals surface area contributed by atoms with Crippen molar-refractivity contribution in [1.82, 2.24) is 15.1 Å². The maximum Gasteiger partial charge on any atom is 0.326 e. The van der Waals surface area contributed by atoms with Crippen LogP contribution >= 0.6 is 0 Å². The fraction of sp³-hybridized carbons (Fsp3) is 0.583. The standard InChI is InChI=1S/C12H20N4O3/c1-5-8-9(6-16(4)15-8)13-12(19)14-10(7(2)3)11(17)18/h6-7,10H,5H2,1-4H3,(H,17,18)(H2,13,14,19)/t10-/m1/s1. The molecule has 0 aliphatic heterocycles. The van der Waals surface area contributed by atoms with Gasteiger partial charge in [-0.3, -0.25) is 4.68 Å². The molecule has 106 valence electrons. The van der Waals surface area contributed by atoms with Crippen LogP contribution in [0.2, 0.25) is 0 Å². The minimum Gasteiger partial charge on any atom is -0.480 e. The van der Waals surface area contributed by atoms with E-state index in [1.807, 2.05) is 6.92 Å². The maximum atomic E-state index is 11.8. The highest BCUT2D eigenvalue weighted by molar-refractivity contribution is 5.92. The van der Waals surface area contributed by atoms with E-state index < -0.39 is 18.0 Å². The molecule has 0 unspecified atom stereocenters. The fourth-order valence-corrected chi connectivity index (χ4v) is 1.71. The lowest BCUT2D eigenvalue weighted by molar-refractivity contribution is -0.140. The van der Waals surface area contributed by atoms with Gasteiger partial charge in [-0.2, -0.15) is 5.10 Å². The Morgan fingerprint density at radius 1 is 1.47 bits per heavy atom. The van der Waals surface area contributed by atoms with Gasteiger partial charge >= 0.3 is 12.0 Å². The topological polar surface area (TPSA) is 96.3 Å². The lowest BCUT2D eigenvalue weighted by Crippen LogP contribution is -2.46. The van der Waals surface area contributed by atoms with Crippen molar-refractivity contribution >= 4 is 17.7 Å². The second-order valence-corrected chi connectivity index (χ2v) is 4.68. The van der Waals surface area contributed by atoms with Crippen LogP contribution in [-0.2, 0) is 18.3 Å². The van der Waals surface area contributed by atoms with E-state index in [2.05, 4.69) is 15.7 Å². The molecule has 7 nitrogen and oxygen atoms in total. The normalized spacial score (nSPS) is 12.3. The Balaban J connectivity index is 2.71. The zero-order chi connectivity index (χ0) is 14.6. The molecule has 19 heavy (non-hydrogen) atoms. The Labute approximate surface area is 112 Å². The Kier molecular flexibility index (Phi) is 4.91. The van der Waals surface area contributed by atoms with Crippen molar-refractivity contribution in [3.63, 3.8) is 0 Å². The fourth-order valence-electron chi connectivity index (χ4n) is 1.71. The number of urea groups is 1. The van der Waals surface area contributed by atoms with Gasteiger partial charge in [-0.05, 0) is 12.3 Å². The largest absolute Gasteiger partial charge is 0.480 e. The highest BCUT2D eigenvalue weighted by Crippen LogP contribution is 2.13. The van der Waals surface area contributed by atoms with E-state index in [0.717, 1.165) is 5.69 Å². The van der Waals surface area contributed by atoms with Crippen LogP contribution in [0.5, 0.6) is 0 Å². The molecule has 1 atom stereocenters. The van der Waals surface area contributed by atoms with Gasteiger partial charge < -0.3 is 15.7 Å². The van der Waals surface area contributed by atoms with Crippen molar-refractivity contribution in [1.29, 1.82) is 0 Å². The number of aryl methyl sites for hydroxylation is 2. The van der Waals surface area contributed by atoms with E-state index >= 15 is 0 Å². The summed E-state index contributed by atoms with van der Waals surface area (Å²) in [5.41, 5.74) is 1.35. The number of carboxylic acid groups (broad SMARTS) is 1. The van der Waals surface area contributed by atoms with Crippen LogP contribution in [0.15, 0.2) is 6.20 Å². The van der Waals surface area contributed by atoms with Gasteiger partial charge in [0.05, 0.1) is 11.4 Å². The summed E-state index contributed by atoms with van der Waals surface area (Å²) in [7, 11) is 1.76. The Morgan fingerprint density at radius 3 is 2.58 bits per heavy atom. The number of aromatic nitrogens is 2. The molecule has 0 bridgehead atoms. The van der Waals surface area contributed by atoms with E-state index in [0.29, 0.717) is 12.1 Å². The summed E-state index contributed by atoms with van der Waals surface area (Å²) in [6.07, 6.45) is 2.37. The first kappa shape index (κ1) is 15.0. The molecule has 0 radical (unpaired) electrons. The third-order valence-corrected chi connectivity index (χ3v) is 2.71. The third kappa shape index (κ3) is 3.97. The summed E-state index contributed by atoms with van der Waals surface area (Å²) >= 11 is 0. The summed E-state index contributed by atoms with van der Waals surface area (Å²) in [5, 5.41) is 18.3. The second-order valence-electron chi connectivity index (χ2n) is 4.68. The molecule has 1 rings (SSSR count). The van der Waals surface area contributed by atoms with Gasteiger partial charge in [0.15, 0.2) is 0 Å². The molecule has 0 fully saturated rings. The molecule has 1 aromatic rings. The Hall–Kier alpha value is -2.05. The molecule has 2 amide bonds. The van der Waals surface area contributed by atoms with E-state index in [-0.39, 0.29) is 5.92 Å². The van der Waals surface area contributed by atoms with Crippen LogP contribution in [0, 0.1) is 5.92 Å². The van der Waals surface area contributed by atoms with Gasteiger partial charge in [0.2, 0.25) is 0 Å². The average molecular weight is 268 g/mol. The predicted octanol–water partition coefficient (Wildman–Crippen LogP) is 1.21. The third-order valence-electron chi connectivity index (χ3n) is 2.71. The minimum absolute atomic E-state index is 0.192. The zero-order valence-electron chi connectivity index (χ0n) is 11.6. The molecule has 0 aliphatic rings. The number of carbonyl (C=O) groups excluding carboxylic acids is 1. The van der Waals surface area contributed by atoms with Gasteiger partial charge in [0, 0.05) is 13.2 Å². The highest BCUT2D eigenvalue weighted by Gasteiger charge is 2.23. The van der Waals surface area contributed by atoms with Crippen molar-refractivity contribution in [3.8, 4) is 0 Å². The first-order valence-electron chi connectivity index (χ1n) is 6.18. The van der Waals surface area contributed by atoms with Crippen molar-refractivity contribution in [2.75, 3.05) is 5.32 Å². The summed E-state index contributed by atoms with van der Waals surface area (Å²) in [4.78, 5) is 22.8. The smallest absolute Gasteiger partial charge is 0.326 e. The van der Waals surface area contributed by atoms with Crippen LogP contribution in [-0.4, -0.2) is 32.9 Å². The molecule has 0 aliphatic carbocycles. The quantitative estimate of drug-likeness (QED) is 0.748. The zero-order valence-corrected chi connectivity index (χ0v) is 11.6. The van der Waals surface area contributed by atoms with Crippen LogP contribution in [0.25, 0.3) is 0 Å². The number of hydrogen-bond acceptors (Lipinski definition) is 3. The van der Waals surface area contributed by atoms with E-state index in [1.54, 1.807) is 31.8 Å². The van der Waals surface area contributed by atoms with Gasteiger partial charge in [-0.15, -0.1) is 0 Å². The summed E-state index contributed by atoms with van der Waals surface area (Å²) in [5.74, 6) is -1.24. The summed E-state index contributed by atoms with van der Waals surface area (Å²) in [6, 6.07) is -1.45. The molecule has 0 saturated heterocycles. The molecule has 7 heteroatoms. The molecule has 0 spiro atoms. The number of anilines is 1. The van der Waals surface area contributed by atoms with E-state index in [9.17, 15) is 9.59 Å². The first-order valence-corrected chi connectivity index (χ1v) is 6.18. The number of amides is 2. The number of nitrogens with zero attached hydrogens (tertiary/aromatic N) is 2. The van der Waals surface area contributed by atoms with Crippen molar-refractivity contribution in [2.24, 2.45) is 13.0 Å². The Bertz CT molecular complexity index is 468. The number of carbonyl (C=O) groups is 2. The maximum absolute atomic E-state index is 11.8. The van der Waals surface area contributed by atoms with E-state index in [1.165, 1.54) is 0 Å². The van der Waals surface area contributed by atoms with Gasteiger partial charge in [-0.25, -0.2) is 9.59 Å². The van der Waals surface area contributed by atoms with Crippen LogP contribution < -0.4 is 10.6 Å². The molecular formula is C12H20N4O3. The minimum atomic E-state index is -1.05. The number of rotatable bonds is 5. The van der Waals surface area contributed by atoms with Crippen molar-refractivity contribution in [2.45, 2.75) is 33.2 Å². The van der Waals surface area contributed by atoms with Gasteiger partial charge in [-0.1, -0.05) is 20.8 Å². The number of hydrogen-bond donors (Lipinski definition) is 3. The number of nitrogens with one attached hydrogen (secondary N) is 2. The molecule has 3 N–H and O–H groups in total. The first-order chi connectivity index (χ1) is 8.85. The predicted molar refractivity (Wildman–Crippen MR) is 71.0 cm³/mol. The van der Waals surface area contributed by atoms with Crippen LogP contribution in [0.4, 0.5) is 10.5 Å². The molecule has 0 saturated carbocycles. The number of aliphatic carboxylic acids is 1. The van der Waals surface area contributed by atoms with Crippen molar-refractivity contribution in [3.05, 3.63) is 11.9 Å².